The molecule has 1 amide bonds. The minimum atomic E-state index is 0.144. The van der Waals surface area contributed by atoms with Crippen LogP contribution in [0.1, 0.15) is 30.4 Å². The van der Waals surface area contributed by atoms with E-state index in [0.717, 1.165) is 23.4 Å². The molecule has 104 valence electrons. The van der Waals surface area contributed by atoms with Crippen molar-refractivity contribution in [2.24, 2.45) is 11.8 Å². The van der Waals surface area contributed by atoms with Gasteiger partial charge < -0.3 is 5.32 Å². The average molecular weight is 324 g/mol. The number of amides is 1. The molecule has 19 heavy (non-hydrogen) atoms. The quantitative estimate of drug-likeness (QED) is 0.826. The third kappa shape index (κ3) is 4.34. The molecule has 2 unspecified atom stereocenters. The van der Waals surface area contributed by atoms with E-state index in [9.17, 15) is 4.79 Å². The van der Waals surface area contributed by atoms with Crippen LogP contribution in [0.3, 0.4) is 0 Å². The summed E-state index contributed by atoms with van der Waals surface area (Å²) in [5.41, 5.74) is 2.31. The SMILES string of the molecule is Cc1cccc(CC(=O)NCC2CCCC2CBr)c1. The Balaban J connectivity index is 1.78. The number of benzene rings is 1. The smallest absolute Gasteiger partial charge is 0.224 e. The van der Waals surface area contributed by atoms with Crippen LogP contribution in [0, 0.1) is 18.8 Å². The highest BCUT2D eigenvalue weighted by molar-refractivity contribution is 9.09. The Morgan fingerprint density at radius 2 is 2.16 bits per heavy atom. The molecule has 1 aliphatic carbocycles. The molecule has 0 bridgehead atoms. The Bertz CT molecular complexity index is 433. The molecule has 1 N–H and O–H groups in total. The van der Waals surface area contributed by atoms with Gasteiger partial charge in [0.15, 0.2) is 0 Å². The van der Waals surface area contributed by atoms with E-state index in [1.807, 2.05) is 12.1 Å². The second-order valence-electron chi connectivity index (χ2n) is 5.58. The van der Waals surface area contributed by atoms with Crippen molar-refractivity contribution in [2.75, 3.05) is 11.9 Å². The highest BCUT2D eigenvalue weighted by Gasteiger charge is 2.26. The number of hydrogen-bond donors (Lipinski definition) is 1. The molecule has 0 heterocycles. The van der Waals surface area contributed by atoms with Crippen LogP contribution >= 0.6 is 15.9 Å². The van der Waals surface area contributed by atoms with E-state index in [4.69, 9.17) is 0 Å². The minimum absolute atomic E-state index is 0.144. The number of aryl methyl sites for hydroxylation is 1. The normalized spacial score (nSPS) is 22.4. The number of carbonyl (C=O) groups excluding carboxylic acids is 1. The van der Waals surface area contributed by atoms with Gasteiger partial charge >= 0.3 is 0 Å². The van der Waals surface area contributed by atoms with E-state index < -0.39 is 0 Å². The topological polar surface area (TPSA) is 29.1 Å². The van der Waals surface area contributed by atoms with Crippen LogP contribution in [0.2, 0.25) is 0 Å². The van der Waals surface area contributed by atoms with E-state index in [-0.39, 0.29) is 5.91 Å². The first-order valence-electron chi connectivity index (χ1n) is 7.07. The lowest BCUT2D eigenvalue weighted by Gasteiger charge is -2.17. The van der Waals surface area contributed by atoms with Gasteiger partial charge in [-0.1, -0.05) is 52.2 Å². The third-order valence-electron chi connectivity index (χ3n) is 4.02. The van der Waals surface area contributed by atoms with Crippen LogP contribution in [0.25, 0.3) is 0 Å². The number of carbonyl (C=O) groups is 1. The third-order valence-corrected chi connectivity index (χ3v) is 4.85. The Morgan fingerprint density at radius 1 is 1.37 bits per heavy atom. The van der Waals surface area contributed by atoms with Crippen LogP contribution in [-0.2, 0) is 11.2 Å². The molecule has 2 atom stereocenters. The summed E-state index contributed by atoms with van der Waals surface area (Å²) in [6, 6.07) is 8.16. The van der Waals surface area contributed by atoms with Gasteiger partial charge in [0.2, 0.25) is 5.91 Å². The zero-order valence-corrected chi connectivity index (χ0v) is 13.1. The van der Waals surface area contributed by atoms with Gasteiger partial charge in [-0.25, -0.2) is 0 Å². The minimum Gasteiger partial charge on any atom is -0.356 e. The Hall–Kier alpha value is -0.830. The Kier molecular flexibility index (Phi) is 5.44. The largest absolute Gasteiger partial charge is 0.356 e. The molecule has 0 aliphatic heterocycles. The first kappa shape index (κ1) is 14.6. The average Bonchev–Trinajstić information content (AvgIpc) is 2.83. The predicted octanol–water partition coefficient (Wildman–Crippen LogP) is 3.46. The van der Waals surface area contributed by atoms with Gasteiger partial charge in [0.05, 0.1) is 6.42 Å². The molecule has 0 radical (unpaired) electrons. The van der Waals surface area contributed by atoms with Gasteiger partial charge in [-0.2, -0.15) is 0 Å². The molecule has 1 aromatic rings. The van der Waals surface area contributed by atoms with Gasteiger partial charge in [-0.3, -0.25) is 4.79 Å². The summed E-state index contributed by atoms with van der Waals surface area (Å²) >= 11 is 3.57. The number of halogens is 1. The number of hydrogen-bond acceptors (Lipinski definition) is 1. The van der Waals surface area contributed by atoms with Gasteiger partial charge in [0, 0.05) is 11.9 Å². The second kappa shape index (κ2) is 7.09. The number of nitrogens with one attached hydrogen (secondary N) is 1. The molecule has 0 saturated heterocycles. The molecule has 0 spiro atoms. The maximum Gasteiger partial charge on any atom is 0.224 e. The lowest BCUT2D eigenvalue weighted by molar-refractivity contribution is -0.120. The van der Waals surface area contributed by atoms with Crippen molar-refractivity contribution < 1.29 is 4.79 Å². The summed E-state index contributed by atoms with van der Waals surface area (Å²) in [4.78, 5) is 12.0. The monoisotopic (exact) mass is 323 g/mol. The zero-order valence-electron chi connectivity index (χ0n) is 11.5. The van der Waals surface area contributed by atoms with E-state index in [1.165, 1.54) is 24.8 Å². The first-order chi connectivity index (χ1) is 9.19. The van der Waals surface area contributed by atoms with E-state index in [1.54, 1.807) is 0 Å². The molecule has 1 saturated carbocycles. The van der Waals surface area contributed by atoms with Crippen molar-refractivity contribution in [3.05, 3.63) is 35.4 Å². The fraction of sp³-hybridized carbons (Fsp3) is 0.562. The molecule has 3 heteroatoms. The van der Waals surface area contributed by atoms with Gasteiger partial charge in [0.1, 0.15) is 0 Å². The molecular formula is C16H22BrNO. The van der Waals surface area contributed by atoms with Crippen molar-refractivity contribution >= 4 is 21.8 Å². The molecule has 1 aromatic carbocycles. The Labute approximate surface area is 124 Å². The summed E-state index contributed by atoms with van der Waals surface area (Å²) in [6.07, 6.45) is 4.34. The summed E-state index contributed by atoms with van der Waals surface area (Å²) < 4.78 is 0. The first-order valence-corrected chi connectivity index (χ1v) is 8.19. The molecule has 0 aromatic heterocycles. The summed E-state index contributed by atoms with van der Waals surface area (Å²) in [6.45, 7) is 2.89. The zero-order chi connectivity index (χ0) is 13.7. The molecule has 2 nitrogen and oxygen atoms in total. The highest BCUT2D eigenvalue weighted by atomic mass is 79.9. The van der Waals surface area contributed by atoms with Crippen molar-refractivity contribution in [2.45, 2.75) is 32.6 Å². The lowest BCUT2D eigenvalue weighted by Crippen LogP contribution is -2.32. The maximum absolute atomic E-state index is 12.0. The van der Waals surface area contributed by atoms with E-state index in [0.29, 0.717) is 12.3 Å². The van der Waals surface area contributed by atoms with Gasteiger partial charge in [-0.15, -0.1) is 0 Å². The molecule has 1 fully saturated rings. The predicted molar refractivity (Wildman–Crippen MR) is 82.5 cm³/mol. The van der Waals surface area contributed by atoms with Crippen LogP contribution < -0.4 is 5.32 Å². The summed E-state index contributed by atoms with van der Waals surface area (Å²) in [7, 11) is 0. The molecule has 2 rings (SSSR count). The van der Waals surface area contributed by atoms with Crippen molar-refractivity contribution in [1.82, 2.24) is 5.32 Å². The van der Waals surface area contributed by atoms with Crippen molar-refractivity contribution in [3.63, 3.8) is 0 Å². The second-order valence-corrected chi connectivity index (χ2v) is 6.22. The van der Waals surface area contributed by atoms with Crippen LogP contribution in [-0.4, -0.2) is 17.8 Å². The van der Waals surface area contributed by atoms with Crippen LogP contribution in [0.4, 0.5) is 0 Å². The van der Waals surface area contributed by atoms with Crippen LogP contribution in [0.15, 0.2) is 24.3 Å². The van der Waals surface area contributed by atoms with Crippen molar-refractivity contribution in [3.8, 4) is 0 Å². The van der Waals surface area contributed by atoms with E-state index >= 15 is 0 Å². The van der Waals surface area contributed by atoms with E-state index in [2.05, 4.69) is 40.3 Å². The van der Waals surface area contributed by atoms with Gasteiger partial charge in [-0.05, 0) is 37.2 Å². The maximum atomic E-state index is 12.0. The fourth-order valence-electron chi connectivity index (χ4n) is 2.90. The number of rotatable bonds is 5. The summed E-state index contributed by atoms with van der Waals surface area (Å²) in [5, 5.41) is 4.16. The lowest BCUT2D eigenvalue weighted by atomic mass is 9.98. The highest BCUT2D eigenvalue weighted by Crippen LogP contribution is 2.32. The Morgan fingerprint density at radius 3 is 2.89 bits per heavy atom. The van der Waals surface area contributed by atoms with Crippen molar-refractivity contribution in [1.29, 1.82) is 0 Å². The molecular weight excluding hydrogens is 302 g/mol. The van der Waals surface area contributed by atoms with Crippen LogP contribution in [0.5, 0.6) is 0 Å². The molecule has 1 aliphatic rings. The number of alkyl halides is 1. The van der Waals surface area contributed by atoms with Gasteiger partial charge in [0.25, 0.3) is 0 Å². The summed E-state index contributed by atoms with van der Waals surface area (Å²) in [5.74, 6) is 1.53. The standard InChI is InChI=1S/C16H22BrNO/c1-12-4-2-5-13(8-12)9-16(19)18-11-15-7-3-6-14(15)10-17/h2,4-5,8,14-15H,3,6-7,9-11H2,1H3,(H,18,19). The fourth-order valence-corrected chi connectivity index (χ4v) is 3.75.